The van der Waals surface area contributed by atoms with Crippen LogP contribution in [0.4, 0.5) is 17.6 Å². The fourth-order valence-corrected chi connectivity index (χ4v) is 2.95. The zero-order valence-corrected chi connectivity index (χ0v) is 10.4. The molecule has 0 aromatic rings. The van der Waals surface area contributed by atoms with E-state index in [4.69, 9.17) is 0 Å². The van der Waals surface area contributed by atoms with E-state index >= 15 is 0 Å². The summed E-state index contributed by atoms with van der Waals surface area (Å²) in [6, 6.07) is 0.273. The number of nitrogens with zero attached hydrogens (tertiary/aromatic N) is 2. The Kier molecular flexibility index (Phi) is 4.48. The molecule has 2 heterocycles. The molecule has 2 saturated heterocycles. The molecule has 0 radical (unpaired) electrons. The van der Waals surface area contributed by atoms with Crippen LogP contribution in [0.3, 0.4) is 0 Å². The van der Waals surface area contributed by atoms with E-state index in [2.05, 4.69) is 4.90 Å². The summed E-state index contributed by atoms with van der Waals surface area (Å²) >= 11 is 0. The summed E-state index contributed by atoms with van der Waals surface area (Å²) in [6.07, 6.45) is 0.564. The third-order valence-electron chi connectivity index (χ3n) is 3.89. The largest absolute Gasteiger partial charge is 0.319 e. The lowest BCUT2D eigenvalue weighted by molar-refractivity contribution is -0.145. The van der Waals surface area contributed by atoms with E-state index in [9.17, 15) is 17.6 Å². The van der Waals surface area contributed by atoms with Gasteiger partial charge in [-0.25, -0.2) is 8.78 Å². The number of halogens is 4. The van der Waals surface area contributed by atoms with E-state index < -0.39 is 18.9 Å². The predicted octanol–water partition coefficient (Wildman–Crippen LogP) is 2.45. The molecule has 0 amide bonds. The Morgan fingerprint density at radius 2 is 1.72 bits per heavy atom. The van der Waals surface area contributed by atoms with E-state index in [1.165, 1.54) is 4.90 Å². The molecule has 0 unspecified atom stereocenters. The lowest BCUT2D eigenvalue weighted by Gasteiger charge is -2.38. The third kappa shape index (κ3) is 3.35. The SMILES string of the molecule is FC(F)C(F)(F)CN1CCC[C@@H](N2CCCC2)C1. The van der Waals surface area contributed by atoms with Crippen LogP contribution >= 0.6 is 0 Å². The summed E-state index contributed by atoms with van der Waals surface area (Å²) in [4.78, 5) is 3.81. The van der Waals surface area contributed by atoms with Crippen molar-refractivity contribution in [1.82, 2.24) is 9.80 Å². The van der Waals surface area contributed by atoms with Crippen LogP contribution in [0.15, 0.2) is 0 Å². The van der Waals surface area contributed by atoms with E-state index in [-0.39, 0.29) is 6.04 Å². The van der Waals surface area contributed by atoms with Gasteiger partial charge >= 0.3 is 12.3 Å². The molecule has 0 aliphatic carbocycles. The Bertz CT molecular complexity index is 267. The Hall–Kier alpha value is -0.360. The minimum atomic E-state index is -3.88. The number of alkyl halides is 4. The normalized spacial score (nSPS) is 28.2. The van der Waals surface area contributed by atoms with Crippen molar-refractivity contribution in [3.8, 4) is 0 Å². The highest BCUT2D eigenvalue weighted by Crippen LogP contribution is 2.27. The average molecular weight is 268 g/mol. The number of rotatable bonds is 4. The maximum atomic E-state index is 13.0. The smallest absolute Gasteiger partial charge is 0.299 e. The Morgan fingerprint density at radius 1 is 1.06 bits per heavy atom. The first-order valence-corrected chi connectivity index (χ1v) is 6.61. The van der Waals surface area contributed by atoms with Crippen LogP contribution in [0.1, 0.15) is 25.7 Å². The van der Waals surface area contributed by atoms with Crippen molar-refractivity contribution in [2.75, 3.05) is 32.7 Å². The summed E-state index contributed by atoms with van der Waals surface area (Å²) in [6.45, 7) is 2.23. The molecular weight excluding hydrogens is 248 g/mol. The zero-order valence-electron chi connectivity index (χ0n) is 10.4. The molecule has 0 saturated carbocycles. The number of piperidine rings is 1. The van der Waals surface area contributed by atoms with Gasteiger partial charge in [0.25, 0.3) is 0 Å². The highest BCUT2D eigenvalue weighted by molar-refractivity contribution is 4.85. The molecular formula is C12H20F4N2. The van der Waals surface area contributed by atoms with Crippen LogP contribution in [0.25, 0.3) is 0 Å². The van der Waals surface area contributed by atoms with Gasteiger partial charge in [0.2, 0.25) is 0 Å². The van der Waals surface area contributed by atoms with E-state index in [1.807, 2.05) is 0 Å². The van der Waals surface area contributed by atoms with Crippen LogP contribution < -0.4 is 0 Å². The van der Waals surface area contributed by atoms with Gasteiger partial charge in [0.1, 0.15) is 0 Å². The number of likely N-dealkylation sites (tertiary alicyclic amines) is 2. The number of hydrogen-bond acceptors (Lipinski definition) is 2. The summed E-state index contributed by atoms with van der Waals surface area (Å²) in [7, 11) is 0. The minimum absolute atomic E-state index is 0.273. The van der Waals surface area contributed by atoms with Crippen molar-refractivity contribution in [3.63, 3.8) is 0 Å². The summed E-state index contributed by atoms with van der Waals surface area (Å²) < 4.78 is 50.4. The average Bonchev–Trinajstić information content (AvgIpc) is 2.82. The molecule has 2 fully saturated rings. The number of hydrogen-bond donors (Lipinski definition) is 0. The van der Waals surface area contributed by atoms with Crippen LogP contribution in [0.2, 0.25) is 0 Å². The van der Waals surface area contributed by atoms with Crippen LogP contribution in [0, 0.1) is 0 Å². The van der Waals surface area contributed by atoms with Gasteiger partial charge in [-0.05, 0) is 45.3 Å². The molecule has 0 N–H and O–H groups in total. The molecule has 0 aromatic heterocycles. The quantitative estimate of drug-likeness (QED) is 0.723. The fraction of sp³-hybridized carbons (Fsp3) is 1.00. The Morgan fingerprint density at radius 3 is 2.33 bits per heavy atom. The minimum Gasteiger partial charge on any atom is -0.299 e. The topological polar surface area (TPSA) is 6.48 Å². The van der Waals surface area contributed by atoms with Gasteiger partial charge in [-0.1, -0.05) is 0 Å². The molecule has 6 heteroatoms. The van der Waals surface area contributed by atoms with Crippen LogP contribution in [0.5, 0.6) is 0 Å². The van der Waals surface area contributed by atoms with Gasteiger partial charge in [-0.3, -0.25) is 9.80 Å². The molecule has 1 atom stereocenters. The summed E-state index contributed by atoms with van der Waals surface area (Å²) in [5.74, 6) is -3.88. The van der Waals surface area contributed by atoms with Crippen molar-refractivity contribution in [2.45, 2.75) is 44.1 Å². The maximum Gasteiger partial charge on any atom is 0.319 e. The second-order valence-corrected chi connectivity index (χ2v) is 5.34. The third-order valence-corrected chi connectivity index (χ3v) is 3.89. The first-order chi connectivity index (χ1) is 8.49. The lowest BCUT2D eigenvalue weighted by atomic mass is 10.0. The maximum absolute atomic E-state index is 13.0. The van der Waals surface area contributed by atoms with E-state index in [1.54, 1.807) is 0 Å². The Balaban J connectivity index is 1.86. The van der Waals surface area contributed by atoms with Crippen LogP contribution in [-0.2, 0) is 0 Å². The highest BCUT2D eigenvalue weighted by Gasteiger charge is 2.43. The Labute approximate surface area is 105 Å². The molecule has 0 aromatic carbocycles. The zero-order chi connectivity index (χ0) is 13.2. The van der Waals surface area contributed by atoms with Crippen molar-refractivity contribution in [3.05, 3.63) is 0 Å². The highest BCUT2D eigenvalue weighted by atomic mass is 19.3. The molecule has 2 nitrogen and oxygen atoms in total. The summed E-state index contributed by atoms with van der Waals surface area (Å²) in [5.41, 5.74) is 0. The van der Waals surface area contributed by atoms with Gasteiger partial charge in [0.05, 0.1) is 6.54 Å². The first-order valence-electron chi connectivity index (χ1n) is 6.61. The lowest BCUT2D eigenvalue weighted by Crippen LogP contribution is -2.51. The molecule has 2 rings (SSSR count). The van der Waals surface area contributed by atoms with Gasteiger partial charge in [-0.15, -0.1) is 0 Å². The van der Waals surface area contributed by atoms with Gasteiger partial charge in [0, 0.05) is 12.6 Å². The molecule has 2 aliphatic rings. The van der Waals surface area contributed by atoms with Crippen molar-refractivity contribution >= 4 is 0 Å². The fourth-order valence-electron chi connectivity index (χ4n) is 2.95. The molecule has 0 bridgehead atoms. The molecule has 0 spiro atoms. The predicted molar refractivity (Wildman–Crippen MR) is 61.2 cm³/mol. The van der Waals surface area contributed by atoms with Crippen molar-refractivity contribution < 1.29 is 17.6 Å². The van der Waals surface area contributed by atoms with Crippen LogP contribution in [-0.4, -0.2) is 60.9 Å². The van der Waals surface area contributed by atoms with E-state index in [0.29, 0.717) is 13.1 Å². The van der Waals surface area contributed by atoms with E-state index in [0.717, 1.165) is 38.8 Å². The van der Waals surface area contributed by atoms with Gasteiger partial charge in [-0.2, -0.15) is 8.78 Å². The van der Waals surface area contributed by atoms with Gasteiger partial charge in [0.15, 0.2) is 0 Å². The molecule has 2 aliphatic heterocycles. The second-order valence-electron chi connectivity index (χ2n) is 5.34. The summed E-state index contributed by atoms with van der Waals surface area (Å²) in [5, 5.41) is 0. The van der Waals surface area contributed by atoms with Crippen molar-refractivity contribution in [2.24, 2.45) is 0 Å². The second kappa shape index (κ2) is 5.74. The monoisotopic (exact) mass is 268 g/mol. The van der Waals surface area contributed by atoms with Gasteiger partial charge < -0.3 is 0 Å². The molecule has 18 heavy (non-hydrogen) atoms. The molecule has 106 valence electrons. The van der Waals surface area contributed by atoms with Crippen molar-refractivity contribution in [1.29, 1.82) is 0 Å². The standard InChI is InChI=1S/C12H20F4N2/c13-11(14)12(15,16)9-17-5-3-4-10(8-17)18-6-1-2-7-18/h10-11H,1-9H2/t10-/m1/s1. The first kappa shape index (κ1) is 14.1.